The van der Waals surface area contributed by atoms with Gasteiger partial charge in [-0.3, -0.25) is 4.79 Å². The van der Waals surface area contributed by atoms with Gasteiger partial charge in [0.05, 0.1) is 24.4 Å². The van der Waals surface area contributed by atoms with Gasteiger partial charge in [-0.15, -0.1) is 0 Å². The van der Waals surface area contributed by atoms with E-state index in [4.69, 9.17) is 21.1 Å². The minimum absolute atomic E-state index is 0.255. The summed E-state index contributed by atoms with van der Waals surface area (Å²) in [6.07, 6.45) is 0.956. The Morgan fingerprint density at radius 2 is 1.92 bits per heavy atom. The number of hydrogen-bond acceptors (Lipinski definition) is 3. The number of hydrogen-bond donors (Lipinski definition) is 1. The van der Waals surface area contributed by atoms with E-state index in [-0.39, 0.29) is 5.91 Å². The number of para-hydroxylation sites is 1. The van der Waals surface area contributed by atoms with Crippen LogP contribution in [0.2, 0.25) is 5.02 Å². The number of rotatable bonds is 7. The zero-order valence-electron chi connectivity index (χ0n) is 14.1. The first-order chi connectivity index (χ1) is 11.5. The Morgan fingerprint density at radius 3 is 2.58 bits per heavy atom. The lowest BCUT2D eigenvalue weighted by molar-refractivity contribution is 0.102. The average Bonchev–Trinajstić information content (AvgIpc) is 2.56. The van der Waals surface area contributed by atoms with E-state index in [1.54, 1.807) is 37.4 Å². The normalized spacial score (nSPS) is 10.5. The second kappa shape index (κ2) is 8.60. The molecule has 0 aliphatic heterocycles. The van der Waals surface area contributed by atoms with E-state index in [1.807, 2.05) is 12.1 Å². The smallest absolute Gasteiger partial charge is 0.255 e. The number of halogens is 1. The van der Waals surface area contributed by atoms with Crippen molar-refractivity contribution in [3.8, 4) is 11.5 Å². The Morgan fingerprint density at radius 1 is 1.17 bits per heavy atom. The first kappa shape index (κ1) is 18.1. The molecular weight excluding hydrogens is 326 g/mol. The van der Waals surface area contributed by atoms with Crippen molar-refractivity contribution < 1.29 is 14.3 Å². The van der Waals surface area contributed by atoms with Crippen molar-refractivity contribution in [3.05, 3.63) is 53.1 Å². The molecule has 0 heterocycles. The lowest BCUT2D eigenvalue weighted by Crippen LogP contribution is -2.12. The van der Waals surface area contributed by atoms with Crippen molar-refractivity contribution in [3.63, 3.8) is 0 Å². The van der Waals surface area contributed by atoms with Gasteiger partial charge in [-0.25, -0.2) is 0 Å². The summed E-state index contributed by atoms with van der Waals surface area (Å²) in [5.74, 6) is 1.48. The van der Waals surface area contributed by atoms with E-state index in [0.29, 0.717) is 40.3 Å². The number of amides is 1. The Hall–Kier alpha value is -2.20. The monoisotopic (exact) mass is 347 g/mol. The van der Waals surface area contributed by atoms with E-state index in [2.05, 4.69) is 19.2 Å². The quantitative estimate of drug-likeness (QED) is 0.764. The Kier molecular flexibility index (Phi) is 6.50. The van der Waals surface area contributed by atoms with Crippen LogP contribution in [0.1, 0.15) is 30.6 Å². The molecule has 2 aromatic carbocycles. The highest BCUT2D eigenvalue weighted by atomic mass is 35.5. The maximum Gasteiger partial charge on any atom is 0.255 e. The summed E-state index contributed by atoms with van der Waals surface area (Å²) in [5, 5.41) is 3.28. The lowest BCUT2D eigenvalue weighted by atomic mass is 10.1. The Bertz CT molecular complexity index is 701. The van der Waals surface area contributed by atoms with E-state index >= 15 is 0 Å². The van der Waals surface area contributed by atoms with Gasteiger partial charge in [0.15, 0.2) is 11.5 Å². The molecule has 0 unspecified atom stereocenters. The molecule has 0 bridgehead atoms. The van der Waals surface area contributed by atoms with Crippen LogP contribution in [0.5, 0.6) is 11.5 Å². The van der Waals surface area contributed by atoms with Crippen molar-refractivity contribution >= 4 is 23.2 Å². The molecular formula is C19H22ClNO3. The number of benzene rings is 2. The molecule has 0 saturated heterocycles. The molecule has 0 spiro atoms. The van der Waals surface area contributed by atoms with Gasteiger partial charge in [-0.05, 0) is 42.7 Å². The Labute approximate surface area is 147 Å². The maximum atomic E-state index is 12.4. The fourth-order valence-electron chi connectivity index (χ4n) is 2.09. The predicted molar refractivity (Wildman–Crippen MR) is 97.3 cm³/mol. The van der Waals surface area contributed by atoms with Gasteiger partial charge < -0.3 is 14.8 Å². The maximum absolute atomic E-state index is 12.4. The highest BCUT2D eigenvalue weighted by molar-refractivity contribution is 6.33. The molecule has 0 radical (unpaired) electrons. The molecule has 0 saturated carbocycles. The summed E-state index contributed by atoms with van der Waals surface area (Å²) in [6.45, 7) is 4.89. The molecule has 0 aliphatic rings. The van der Waals surface area contributed by atoms with Gasteiger partial charge in [0.2, 0.25) is 0 Å². The SMILES string of the molecule is COc1cc(C(=O)Nc2ccccc2Cl)ccc1OCCC(C)C. The van der Waals surface area contributed by atoms with Gasteiger partial charge in [0, 0.05) is 5.56 Å². The van der Waals surface area contributed by atoms with Crippen LogP contribution in [-0.4, -0.2) is 19.6 Å². The summed E-state index contributed by atoms with van der Waals surface area (Å²) < 4.78 is 11.1. The molecule has 4 nitrogen and oxygen atoms in total. The predicted octanol–water partition coefficient (Wildman–Crippen LogP) is 5.03. The topological polar surface area (TPSA) is 47.6 Å². The minimum atomic E-state index is -0.255. The zero-order valence-corrected chi connectivity index (χ0v) is 14.9. The summed E-state index contributed by atoms with van der Waals surface area (Å²) in [7, 11) is 1.56. The molecule has 2 rings (SSSR count). The lowest BCUT2D eigenvalue weighted by Gasteiger charge is -2.13. The van der Waals surface area contributed by atoms with Crippen molar-refractivity contribution in [1.82, 2.24) is 0 Å². The Balaban J connectivity index is 2.10. The van der Waals surface area contributed by atoms with Gasteiger partial charge in [-0.1, -0.05) is 37.6 Å². The van der Waals surface area contributed by atoms with Gasteiger partial charge in [0.1, 0.15) is 0 Å². The third kappa shape index (κ3) is 4.90. The fraction of sp³-hybridized carbons (Fsp3) is 0.316. The summed E-state index contributed by atoms with van der Waals surface area (Å²) in [6, 6.07) is 12.2. The minimum Gasteiger partial charge on any atom is -0.493 e. The second-order valence-corrected chi connectivity index (χ2v) is 6.24. The van der Waals surface area contributed by atoms with Gasteiger partial charge in [-0.2, -0.15) is 0 Å². The molecule has 0 aromatic heterocycles. The van der Waals surface area contributed by atoms with Gasteiger partial charge in [0.25, 0.3) is 5.91 Å². The molecule has 0 aliphatic carbocycles. The number of carbonyl (C=O) groups is 1. The van der Waals surface area contributed by atoms with Crippen LogP contribution in [0.15, 0.2) is 42.5 Å². The van der Waals surface area contributed by atoms with Crippen LogP contribution in [0.3, 0.4) is 0 Å². The molecule has 5 heteroatoms. The zero-order chi connectivity index (χ0) is 17.5. The number of carbonyl (C=O) groups excluding carboxylic acids is 1. The first-order valence-electron chi connectivity index (χ1n) is 7.88. The molecule has 1 N–H and O–H groups in total. The van der Waals surface area contributed by atoms with Crippen LogP contribution >= 0.6 is 11.6 Å². The van der Waals surface area contributed by atoms with Crippen LogP contribution in [-0.2, 0) is 0 Å². The number of anilines is 1. The largest absolute Gasteiger partial charge is 0.493 e. The molecule has 24 heavy (non-hydrogen) atoms. The fourth-order valence-corrected chi connectivity index (χ4v) is 2.27. The summed E-state index contributed by atoms with van der Waals surface area (Å²) in [5.41, 5.74) is 1.04. The van der Waals surface area contributed by atoms with Crippen LogP contribution in [0, 0.1) is 5.92 Å². The molecule has 0 atom stereocenters. The van der Waals surface area contributed by atoms with Crippen LogP contribution < -0.4 is 14.8 Å². The van der Waals surface area contributed by atoms with E-state index < -0.39 is 0 Å². The third-order valence-electron chi connectivity index (χ3n) is 3.50. The number of nitrogens with one attached hydrogen (secondary N) is 1. The van der Waals surface area contributed by atoms with Crippen molar-refractivity contribution in [2.75, 3.05) is 19.0 Å². The molecule has 0 fully saturated rings. The molecule has 2 aromatic rings. The third-order valence-corrected chi connectivity index (χ3v) is 3.83. The molecule has 128 valence electrons. The van der Waals surface area contributed by atoms with Gasteiger partial charge >= 0.3 is 0 Å². The number of ether oxygens (including phenoxy) is 2. The van der Waals surface area contributed by atoms with E-state index in [1.165, 1.54) is 0 Å². The second-order valence-electron chi connectivity index (χ2n) is 5.83. The standard InChI is InChI=1S/C19H22ClNO3/c1-13(2)10-11-24-17-9-8-14(12-18(17)23-3)19(22)21-16-7-5-4-6-15(16)20/h4-9,12-13H,10-11H2,1-3H3,(H,21,22). The van der Waals surface area contributed by atoms with Crippen LogP contribution in [0.25, 0.3) is 0 Å². The van der Waals surface area contributed by atoms with Crippen molar-refractivity contribution in [2.45, 2.75) is 20.3 Å². The highest BCUT2D eigenvalue weighted by Crippen LogP contribution is 2.29. The average molecular weight is 348 g/mol. The van der Waals surface area contributed by atoms with E-state index in [0.717, 1.165) is 6.42 Å². The first-order valence-corrected chi connectivity index (χ1v) is 8.25. The van der Waals surface area contributed by atoms with Crippen LogP contribution in [0.4, 0.5) is 5.69 Å². The molecule has 1 amide bonds. The highest BCUT2D eigenvalue weighted by Gasteiger charge is 2.12. The van der Waals surface area contributed by atoms with Crippen molar-refractivity contribution in [1.29, 1.82) is 0 Å². The van der Waals surface area contributed by atoms with Crippen molar-refractivity contribution in [2.24, 2.45) is 5.92 Å². The summed E-state index contributed by atoms with van der Waals surface area (Å²) >= 11 is 6.06. The van der Waals surface area contributed by atoms with E-state index in [9.17, 15) is 4.79 Å². The summed E-state index contributed by atoms with van der Waals surface area (Å²) in [4.78, 5) is 12.4. The number of methoxy groups -OCH3 is 1.